The molecule has 4 unspecified atom stereocenters. The first-order valence-electron chi connectivity index (χ1n) is 7.25. The summed E-state index contributed by atoms with van der Waals surface area (Å²) in [7, 11) is 0. The van der Waals surface area contributed by atoms with Crippen LogP contribution >= 0.6 is 31.9 Å². The highest BCUT2D eigenvalue weighted by atomic mass is 79.9. The standard InChI is InChI=1S/C16H20Br2O/c1-2-19-15-6-5-12(17)9-14(15)16(18)13-8-10-3-4-11(13)7-10/h5-6,9-11,13,16H,2-4,7-8H2,1H3. The van der Waals surface area contributed by atoms with Crippen LogP contribution in [0, 0.1) is 17.8 Å². The molecule has 1 nitrogen and oxygen atoms in total. The van der Waals surface area contributed by atoms with Gasteiger partial charge in [-0.25, -0.2) is 0 Å². The number of fused-ring (bicyclic) bond motifs is 2. The quantitative estimate of drug-likeness (QED) is 0.600. The summed E-state index contributed by atoms with van der Waals surface area (Å²) in [6.45, 7) is 2.78. The lowest BCUT2D eigenvalue weighted by atomic mass is 9.84. The summed E-state index contributed by atoms with van der Waals surface area (Å²) in [5.74, 6) is 3.73. The van der Waals surface area contributed by atoms with Crippen LogP contribution in [0.2, 0.25) is 0 Å². The van der Waals surface area contributed by atoms with Gasteiger partial charge >= 0.3 is 0 Å². The maximum atomic E-state index is 5.80. The van der Waals surface area contributed by atoms with Gasteiger partial charge < -0.3 is 4.74 Å². The Kier molecular flexibility index (Phi) is 4.23. The molecule has 0 spiro atoms. The third kappa shape index (κ3) is 2.73. The highest BCUT2D eigenvalue weighted by molar-refractivity contribution is 9.10. The smallest absolute Gasteiger partial charge is 0.123 e. The number of hydrogen-bond acceptors (Lipinski definition) is 1. The highest BCUT2D eigenvalue weighted by Gasteiger charge is 2.43. The number of halogens is 2. The van der Waals surface area contributed by atoms with E-state index in [9.17, 15) is 0 Å². The molecule has 2 saturated carbocycles. The van der Waals surface area contributed by atoms with Crippen LogP contribution in [-0.2, 0) is 0 Å². The van der Waals surface area contributed by atoms with Crippen molar-refractivity contribution >= 4 is 31.9 Å². The van der Waals surface area contributed by atoms with E-state index in [0.29, 0.717) is 4.83 Å². The molecule has 3 heteroatoms. The van der Waals surface area contributed by atoms with Crippen LogP contribution in [-0.4, -0.2) is 6.61 Å². The topological polar surface area (TPSA) is 9.23 Å². The van der Waals surface area contributed by atoms with Gasteiger partial charge in [0.25, 0.3) is 0 Å². The SMILES string of the molecule is CCOc1ccc(Br)cc1C(Br)C1CC2CCC1C2. The van der Waals surface area contributed by atoms with E-state index in [0.717, 1.165) is 34.6 Å². The zero-order chi connectivity index (χ0) is 13.4. The molecule has 2 bridgehead atoms. The summed E-state index contributed by atoms with van der Waals surface area (Å²) in [6, 6.07) is 6.37. The van der Waals surface area contributed by atoms with Crippen LogP contribution in [0.1, 0.15) is 43.0 Å². The van der Waals surface area contributed by atoms with Crippen LogP contribution < -0.4 is 4.74 Å². The molecule has 3 rings (SSSR count). The molecule has 0 aliphatic heterocycles. The molecule has 104 valence electrons. The normalized spacial score (nSPS) is 30.6. The van der Waals surface area contributed by atoms with Gasteiger partial charge in [-0.3, -0.25) is 0 Å². The fourth-order valence-electron chi connectivity index (χ4n) is 3.90. The van der Waals surface area contributed by atoms with E-state index < -0.39 is 0 Å². The van der Waals surface area contributed by atoms with Crippen molar-refractivity contribution in [2.24, 2.45) is 17.8 Å². The molecule has 0 amide bonds. The molecule has 2 aliphatic carbocycles. The van der Waals surface area contributed by atoms with Gasteiger partial charge in [0.15, 0.2) is 0 Å². The van der Waals surface area contributed by atoms with Crippen molar-refractivity contribution in [3.8, 4) is 5.75 Å². The number of ether oxygens (including phenoxy) is 1. The Morgan fingerprint density at radius 1 is 1.32 bits per heavy atom. The van der Waals surface area contributed by atoms with Crippen LogP contribution in [0.15, 0.2) is 22.7 Å². The average molecular weight is 388 g/mol. The molecule has 0 radical (unpaired) electrons. The van der Waals surface area contributed by atoms with Gasteiger partial charge in [0.05, 0.1) is 6.61 Å². The van der Waals surface area contributed by atoms with Crippen LogP contribution in [0.4, 0.5) is 0 Å². The Morgan fingerprint density at radius 2 is 2.16 bits per heavy atom. The summed E-state index contributed by atoms with van der Waals surface area (Å²) in [5, 5.41) is 0. The highest BCUT2D eigenvalue weighted by Crippen LogP contribution is 2.56. The second kappa shape index (κ2) is 5.77. The van der Waals surface area contributed by atoms with Gasteiger partial charge in [-0.15, -0.1) is 0 Å². The lowest BCUT2D eigenvalue weighted by molar-refractivity contribution is 0.311. The van der Waals surface area contributed by atoms with Crippen molar-refractivity contribution in [2.75, 3.05) is 6.61 Å². The lowest BCUT2D eigenvalue weighted by Gasteiger charge is -2.28. The second-order valence-corrected chi connectivity index (χ2v) is 7.76. The zero-order valence-corrected chi connectivity index (χ0v) is 14.4. The molecular weight excluding hydrogens is 368 g/mol. The third-order valence-electron chi connectivity index (χ3n) is 4.74. The molecule has 19 heavy (non-hydrogen) atoms. The Labute approximate surface area is 132 Å². The second-order valence-electron chi connectivity index (χ2n) is 5.86. The van der Waals surface area contributed by atoms with Crippen molar-refractivity contribution in [3.63, 3.8) is 0 Å². The Bertz CT molecular complexity index is 460. The molecule has 0 saturated heterocycles. The number of rotatable bonds is 4. The molecule has 1 aromatic carbocycles. The minimum Gasteiger partial charge on any atom is -0.494 e. The van der Waals surface area contributed by atoms with Crippen molar-refractivity contribution in [2.45, 2.75) is 37.4 Å². The molecular formula is C16H20Br2O. The first kappa shape index (κ1) is 13.9. The Hall–Kier alpha value is -0.0200. The molecule has 2 fully saturated rings. The molecule has 4 atom stereocenters. The van der Waals surface area contributed by atoms with Crippen LogP contribution in [0.5, 0.6) is 5.75 Å². The largest absolute Gasteiger partial charge is 0.494 e. The van der Waals surface area contributed by atoms with E-state index in [2.05, 4.69) is 50.1 Å². The van der Waals surface area contributed by atoms with Crippen molar-refractivity contribution < 1.29 is 4.74 Å². The van der Waals surface area contributed by atoms with Gasteiger partial charge in [0, 0.05) is 14.9 Å². The fourth-order valence-corrected chi connectivity index (χ4v) is 5.29. The maximum Gasteiger partial charge on any atom is 0.123 e. The first-order valence-corrected chi connectivity index (χ1v) is 8.96. The van der Waals surface area contributed by atoms with E-state index >= 15 is 0 Å². The maximum absolute atomic E-state index is 5.80. The molecule has 0 aromatic heterocycles. The molecule has 0 N–H and O–H groups in total. The van der Waals surface area contributed by atoms with Crippen LogP contribution in [0.25, 0.3) is 0 Å². The zero-order valence-electron chi connectivity index (χ0n) is 11.2. The predicted octanol–water partition coefficient (Wildman–Crippen LogP) is 5.72. The van der Waals surface area contributed by atoms with Crippen molar-refractivity contribution in [3.05, 3.63) is 28.2 Å². The first-order chi connectivity index (χ1) is 9.19. The van der Waals surface area contributed by atoms with Gasteiger partial charge in [0.1, 0.15) is 5.75 Å². The minimum atomic E-state index is 0.432. The molecule has 2 aliphatic rings. The predicted molar refractivity (Wildman–Crippen MR) is 85.9 cm³/mol. The average Bonchev–Trinajstić information content (AvgIpc) is 3.02. The summed E-state index contributed by atoms with van der Waals surface area (Å²) in [4.78, 5) is 0.432. The van der Waals surface area contributed by atoms with Gasteiger partial charge in [-0.1, -0.05) is 38.3 Å². The van der Waals surface area contributed by atoms with Crippen LogP contribution in [0.3, 0.4) is 0 Å². The Balaban J connectivity index is 1.86. The monoisotopic (exact) mass is 386 g/mol. The number of alkyl halides is 1. The summed E-state index contributed by atoms with van der Waals surface area (Å²) < 4.78 is 6.94. The summed E-state index contributed by atoms with van der Waals surface area (Å²) >= 11 is 7.56. The Morgan fingerprint density at radius 3 is 2.79 bits per heavy atom. The van der Waals surface area contributed by atoms with Gasteiger partial charge in [0.2, 0.25) is 0 Å². The van der Waals surface area contributed by atoms with E-state index in [-0.39, 0.29) is 0 Å². The number of benzene rings is 1. The minimum absolute atomic E-state index is 0.432. The van der Waals surface area contributed by atoms with E-state index in [1.807, 2.05) is 6.92 Å². The van der Waals surface area contributed by atoms with Crippen molar-refractivity contribution in [1.29, 1.82) is 0 Å². The van der Waals surface area contributed by atoms with Gasteiger partial charge in [-0.2, -0.15) is 0 Å². The number of hydrogen-bond donors (Lipinski definition) is 0. The fraction of sp³-hybridized carbons (Fsp3) is 0.625. The summed E-state index contributed by atoms with van der Waals surface area (Å²) in [5.41, 5.74) is 1.31. The van der Waals surface area contributed by atoms with E-state index in [4.69, 9.17) is 4.74 Å². The van der Waals surface area contributed by atoms with Gasteiger partial charge in [-0.05, 0) is 62.1 Å². The van der Waals surface area contributed by atoms with Crippen molar-refractivity contribution in [1.82, 2.24) is 0 Å². The summed E-state index contributed by atoms with van der Waals surface area (Å²) in [6.07, 6.45) is 5.72. The van der Waals surface area contributed by atoms with E-state index in [1.165, 1.54) is 31.2 Å². The third-order valence-corrected chi connectivity index (χ3v) is 6.40. The lowest BCUT2D eigenvalue weighted by Crippen LogP contribution is -2.16. The molecule has 1 aromatic rings. The molecule has 0 heterocycles. The van der Waals surface area contributed by atoms with E-state index in [1.54, 1.807) is 0 Å².